The summed E-state index contributed by atoms with van der Waals surface area (Å²) < 4.78 is 5.51. The van der Waals surface area contributed by atoms with Crippen molar-refractivity contribution in [1.82, 2.24) is 9.97 Å². The molecule has 0 saturated carbocycles. The summed E-state index contributed by atoms with van der Waals surface area (Å²) >= 11 is 0. The number of nitrogen functional groups attached to an aromatic ring is 1. The molecular weight excluding hydrogens is 214 g/mol. The van der Waals surface area contributed by atoms with Crippen molar-refractivity contribution in [2.75, 3.05) is 12.3 Å². The predicted octanol–water partition coefficient (Wildman–Crippen LogP) is 2.51. The molecule has 1 aromatic carbocycles. The van der Waals surface area contributed by atoms with Gasteiger partial charge in [0.15, 0.2) is 0 Å². The molecule has 1 heterocycles. The van der Waals surface area contributed by atoms with Gasteiger partial charge in [-0.05, 0) is 36.8 Å². The van der Waals surface area contributed by atoms with E-state index in [2.05, 4.69) is 16.9 Å². The highest BCUT2D eigenvalue weighted by Gasteiger charge is 2.00. The van der Waals surface area contributed by atoms with Crippen LogP contribution in [0.4, 0.5) is 5.95 Å². The number of ether oxygens (including phenoxy) is 1. The topological polar surface area (TPSA) is 61.0 Å². The van der Waals surface area contributed by atoms with Crippen LogP contribution in [-0.2, 0) is 0 Å². The standard InChI is InChI=1S/C13H15N3O/c1-2-9-17-11-5-3-10(4-6-11)12-7-8-15-13(14)16-12/h3-8H,2,9H2,1H3,(H2,14,15,16). The largest absolute Gasteiger partial charge is 0.494 e. The summed E-state index contributed by atoms with van der Waals surface area (Å²) in [6, 6.07) is 9.63. The van der Waals surface area contributed by atoms with E-state index < -0.39 is 0 Å². The molecule has 88 valence electrons. The van der Waals surface area contributed by atoms with Crippen molar-refractivity contribution < 1.29 is 4.74 Å². The minimum atomic E-state index is 0.286. The highest BCUT2D eigenvalue weighted by molar-refractivity contribution is 5.60. The molecule has 4 heteroatoms. The summed E-state index contributed by atoms with van der Waals surface area (Å²) in [6.07, 6.45) is 2.66. The fourth-order valence-electron chi connectivity index (χ4n) is 1.48. The second kappa shape index (κ2) is 5.30. The van der Waals surface area contributed by atoms with Gasteiger partial charge in [0.1, 0.15) is 5.75 Å². The van der Waals surface area contributed by atoms with Gasteiger partial charge >= 0.3 is 0 Å². The minimum Gasteiger partial charge on any atom is -0.494 e. The molecule has 2 rings (SSSR count). The Kier molecular flexibility index (Phi) is 3.55. The molecule has 1 aromatic heterocycles. The van der Waals surface area contributed by atoms with Crippen LogP contribution >= 0.6 is 0 Å². The first-order valence-corrected chi connectivity index (χ1v) is 5.61. The van der Waals surface area contributed by atoms with Crippen molar-refractivity contribution in [3.63, 3.8) is 0 Å². The molecule has 2 N–H and O–H groups in total. The normalized spacial score (nSPS) is 10.2. The molecular formula is C13H15N3O. The van der Waals surface area contributed by atoms with Crippen molar-refractivity contribution >= 4 is 5.95 Å². The third-order valence-electron chi connectivity index (χ3n) is 2.30. The molecule has 0 radical (unpaired) electrons. The second-order valence-electron chi connectivity index (χ2n) is 3.67. The number of aromatic nitrogens is 2. The maximum absolute atomic E-state index is 5.54. The Morgan fingerprint density at radius 1 is 1.18 bits per heavy atom. The molecule has 0 spiro atoms. The van der Waals surface area contributed by atoms with Gasteiger partial charge in [-0.25, -0.2) is 9.97 Å². The Bertz CT molecular complexity index is 482. The van der Waals surface area contributed by atoms with Gasteiger partial charge in [-0.15, -0.1) is 0 Å². The van der Waals surface area contributed by atoms with E-state index in [1.54, 1.807) is 6.20 Å². The van der Waals surface area contributed by atoms with Crippen molar-refractivity contribution in [2.24, 2.45) is 0 Å². The van der Waals surface area contributed by atoms with Crippen LogP contribution in [0.25, 0.3) is 11.3 Å². The van der Waals surface area contributed by atoms with Crippen LogP contribution in [0.1, 0.15) is 13.3 Å². The van der Waals surface area contributed by atoms with Crippen molar-refractivity contribution in [3.8, 4) is 17.0 Å². The lowest BCUT2D eigenvalue weighted by atomic mass is 10.1. The SMILES string of the molecule is CCCOc1ccc(-c2ccnc(N)n2)cc1. The number of hydrogen-bond donors (Lipinski definition) is 1. The summed E-state index contributed by atoms with van der Waals surface area (Å²) in [5.41, 5.74) is 7.37. The summed E-state index contributed by atoms with van der Waals surface area (Å²) in [7, 11) is 0. The number of hydrogen-bond acceptors (Lipinski definition) is 4. The van der Waals surface area contributed by atoms with E-state index in [0.717, 1.165) is 30.0 Å². The van der Waals surface area contributed by atoms with Crippen molar-refractivity contribution in [3.05, 3.63) is 36.5 Å². The Hall–Kier alpha value is -2.10. The van der Waals surface area contributed by atoms with Crippen LogP contribution in [0.5, 0.6) is 5.75 Å². The fourth-order valence-corrected chi connectivity index (χ4v) is 1.48. The van der Waals surface area contributed by atoms with Crippen molar-refractivity contribution in [1.29, 1.82) is 0 Å². The van der Waals surface area contributed by atoms with Crippen LogP contribution in [0.3, 0.4) is 0 Å². The zero-order chi connectivity index (χ0) is 12.1. The smallest absolute Gasteiger partial charge is 0.220 e. The molecule has 0 aliphatic heterocycles. The number of anilines is 1. The zero-order valence-corrected chi connectivity index (χ0v) is 9.76. The molecule has 0 atom stereocenters. The Labute approximate surface area is 100 Å². The summed E-state index contributed by atoms with van der Waals surface area (Å²) in [5, 5.41) is 0. The molecule has 17 heavy (non-hydrogen) atoms. The fraction of sp³-hybridized carbons (Fsp3) is 0.231. The van der Waals surface area contributed by atoms with E-state index in [1.807, 2.05) is 30.3 Å². The van der Waals surface area contributed by atoms with Gasteiger partial charge in [-0.1, -0.05) is 6.92 Å². The first kappa shape index (κ1) is 11.4. The molecule has 0 aliphatic rings. The van der Waals surface area contributed by atoms with E-state index >= 15 is 0 Å². The van der Waals surface area contributed by atoms with Gasteiger partial charge in [0.2, 0.25) is 5.95 Å². The van der Waals surface area contributed by atoms with E-state index in [0.29, 0.717) is 0 Å². The van der Waals surface area contributed by atoms with E-state index in [-0.39, 0.29) is 5.95 Å². The summed E-state index contributed by atoms with van der Waals surface area (Å²) in [5.74, 6) is 1.16. The lowest BCUT2D eigenvalue weighted by molar-refractivity contribution is 0.317. The van der Waals surface area contributed by atoms with Gasteiger partial charge in [-0.3, -0.25) is 0 Å². The Balaban J connectivity index is 2.17. The lowest BCUT2D eigenvalue weighted by Gasteiger charge is -2.05. The Morgan fingerprint density at radius 2 is 1.94 bits per heavy atom. The Morgan fingerprint density at radius 3 is 2.59 bits per heavy atom. The summed E-state index contributed by atoms with van der Waals surface area (Å²) in [6.45, 7) is 2.82. The highest BCUT2D eigenvalue weighted by atomic mass is 16.5. The monoisotopic (exact) mass is 229 g/mol. The molecule has 0 unspecified atom stereocenters. The number of nitrogens with two attached hydrogens (primary N) is 1. The molecule has 2 aromatic rings. The van der Waals surface area contributed by atoms with Gasteiger partial charge in [0.25, 0.3) is 0 Å². The molecule has 0 bridgehead atoms. The average molecular weight is 229 g/mol. The van der Waals surface area contributed by atoms with Gasteiger partial charge < -0.3 is 10.5 Å². The maximum Gasteiger partial charge on any atom is 0.220 e. The van der Waals surface area contributed by atoms with Gasteiger partial charge in [0.05, 0.1) is 12.3 Å². The number of benzene rings is 1. The summed E-state index contributed by atoms with van der Waals surface area (Å²) in [4.78, 5) is 8.03. The van der Waals surface area contributed by atoms with E-state index in [1.165, 1.54) is 0 Å². The van der Waals surface area contributed by atoms with Crippen LogP contribution in [0, 0.1) is 0 Å². The minimum absolute atomic E-state index is 0.286. The number of rotatable bonds is 4. The van der Waals surface area contributed by atoms with Gasteiger partial charge in [-0.2, -0.15) is 0 Å². The van der Waals surface area contributed by atoms with Crippen LogP contribution in [0.15, 0.2) is 36.5 Å². The van der Waals surface area contributed by atoms with Crippen molar-refractivity contribution in [2.45, 2.75) is 13.3 Å². The maximum atomic E-state index is 5.54. The third-order valence-corrected chi connectivity index (χ3v) is 2.30. The first-order chi connectivity index (χ1) is 8.29. The molecule has 0 aliphatic carbocycles. The van der Waals surface area contributed by atoms with E-state index in [4.69, 9.17) is 10.5 Å². The highest BCUT2D eigenvalue weighted by Crippen LogP contribution is 2.20. The molecule has 4 nitrogen and oxygen atoms in total. The first-order valence-electron chi connectivity index (χ1n) is 5.61. The predicted molar refractivity (Wildman–Crippen MR) is 67.7 cm³/mol. The lowest BCUT2D eigenvalue weighted by Crippen LogP contribution is -1.96. The third kappa shape index (κ3) is 2.93. The van der Waals surface area contributed by atoms with Crippen LogP contribution < -0.4 is 10.5 Å². The van der Waals surface area contributed by atoms with Crippen LogP contribution in [-0.4, -0.2) is 16.6 Å². The number of nitrogens with zero attached hydrogens (tertiary/aromatic N) is 2. The van der Waals surface area contributed by atoms with Crippen LogP contribution in [0.2, 0.25) is 0 Å². The van der Waals surface area contributed by atoms with Gasteiger partial charge in [0, 0.05) is 11.8 Å². The molecule has 0 saturated heterocycles. The quantitative estimate of drug-likeness (QED) is 0.875. The molecule has 0 fully saturated rings. The second-order valence-corrected chi connectivity index (χ2v) is 3.67. The van der Waals surface area contributed by atoms with E-state index in [9.17, 15) is 0 Å². The molecule has 0 amide bonds. The average Bonchev–Trinajstić information content (AvgIpc) is 2.37. The zero-order valence-electron chi connectivity index (χ0n) is 9.76.